The van der Waals surface area contributed by atoms with E-state index in [0.717, 1.165) is 16.8 Å². The number of esters is 1. The Bertz CT molecular complexity index is 680. The number of anilines is 1. The average molecular weight is 381 g/mol. The third-order valence-electron chi connectivity index (χ3n) is 5.24. The summed E-state index contributed by atoms with van der Waals surface area (Å²) in [6.07, 6.45) is -5.95. The number of rotatable bonds is 5. The molecule has 0 spiro atoms. The summed E-state index contributed by atoms with van der Waals surface area (Å²) in [5, 5.41) is 40.0. The van der Waals surface area contributed by atoms with Gasteiger partial charge in [0.05, 0.1) is 19.6 Å². The highest BCUT2D eigenvalue weighted by Crippen LogP contribution is 2.42. The fourth-order valence-electron chi connectivity index (χ4n) is 3.87. The van der Waals surface area contributed by atoms with E-state index in [1.165, 1.54) is 0 Å². The van der Waals surface area contributed by atoms with Gasteiger partial charge in [-0.15, -0.1) is 0 Å². The van der Waals surface area contributed by atoms with E-state index in [2.05, 4.69) is 0 Å². The van der Waals surface area contributed by atoms with E-state index >= 15 is 0 Å². The summed E-state index contributed by atoms with van der Waals surface area (Å²) >= 11 is 0. The number of carbonyl (C=O) groups excluding carboxylic acids is 1. The van der Waals surface area contributed by atoms with Gasteiger partial charge in [0.25, 0.3) is 0 Å². The van der Waals surface area contributed by atoms with E-state index in [4.69, 9.17) is 9.47 Å². The second kappa shape index (κ2) is 8.12. The van der Waals surface area contributed by atoms with Crippen molar-refractivity contribution in [3.8, 4) is 0 Å². The molecular formula is C19H27NO7. The Hall–Kier alpha value is -1.71. The summed E-state index contributed by atoms with van der Waals surface area (Å²) in [6.45, 7) is 3.92. The third kappa shape index (κ3) is 3.81. The minimum absolute atomic E-state index is 0.147. The zero-order valence-electron chi connectivity index (χ0n) is 15.5. The van der Waals surface area contributed by atoms with Crippen molar-refractivity contribution in [2.24, 2.45) is 0 Å². The number of aryl methyl sites for hydroxylation is 1. The largest absolute Gasteiger partial charge is 0.466 e. The van der Waals surface area contributed by atoms with E-state index in [0.29, 0.717) is 13.2 Å². The van der Waals surface area contributed by atoms with Gasteiger partial charge in [-0.1, -0.05) is 17.7 Å². The monoisotopic (exact) mass is 381 g/mol. The molecule has 4 N–H and O–H groups in total. The molecule has 8 heteroatoms. The minimum atomic E-state index is -1.45. The van der Waals surface area contributed by atoms with Crippen LogP contribution >= 0.6 is 0 Å². The Morgan fingerprint density at radius 1 is 1.26 bits per heavy atom. The maximum absolute atomic E-state index is 12.0. The van der Waals surface area contributed by atoms with Crippen molar-refractivity contribution in [3.05, 3.63) is 29.3 Å². The number of hydrogen-bond acceptors (Lipinski definition) is 8. The lowest BCUT2D eigenvalue weighted by Gasteiger charge is -2.44. The summed E-state index contributed by atoms with van der Waals surface area (Å²) in [7, 11) is 0. The fraction of sp³-hybridized carbons (Fsp3) is 0.632. The Morgan fingerprint density at radius 3 is 2.67 bits per heavy atom. The van der Waals surface area contributed by atoms with E-state index in [-0.39, 0.29) is 18.3 Å². The van der Waals surface area contributed by atoms with Crippen LogP contribution < -0.4 is 4.90 Å². The molecular weight excluding hydrogens is 354 g/mol. The lowest BCUT2D eigenvalue weighted by atomic mass is 9.96. The predicted molar refractivity (Wildman–Crippen MR) is 96.3 cm³/mol. The van der Waals surface area contributed by atoms with Crippen LogP contribution in [0.3, 0.4) is 0 Å². The number of aliphatic hydroxyl groups excluding tert-OH is 4. The zero-order chi connectivity index (χ0) is 19.7. The van der Waals surface area contributed by atoms with E-state index in [1.54, 1.807) is 11.8 Å². The van der Waals surface area contributed by atoms with Crippen molar-refractivity contribution in [2.45, 2.75) is 56.8 Å². The fourth-order valence-corrected chi connectivity index (χ4v) is 3.87. The van der Waals surface area contributed by atoms with Crippen LogP contribution in [0.2, 0.25) is 0 Å². The summed E-state index contributed by atoms with van der Waals surface area (Å²) in [5.41, 5.74) is 2.78. The first kappa shape index (κ1) is 20.0. The maximum Gasteiger partial charge on any atom is 0.306 e. The number of hydrogen-bond donors (Lipinski definition) is 4. The molecule has 6 atom stereocenters. The molecule has 27 heavy (non-hydrogen) atoms. The molecule has 150 valence electrons. The Kier molecular flexibility index (Phi) is 6.02. The van der Waals surface area contributed by atoms with Crippen LogP contribution in [0.25, 0.3) is 0 Å². The number of fused-ring (bicyclic) bond motifs is 1. The van der Waals surface area contributed by atoms with Crippen LogP contribution in [-0.2, 0) is 14.3 Å². The van der Waals surface area contributed by atoms with Gasteiger partial charge in [-0.3, -0.25) is 4.79 Å². The van der Waals surface area contributed by atoms with E-state index < -0.39 is 37.3 Å². The molecule has 2 aliphatic rings. The molecule has 8 nitrogen and oxygen atoms in total. The van der Waals surface area contributed by atoms with Crippen molar-refractivity contribution in [3.63, 3.8) is 0 Å². The van der Waals surface area contributed by atoms with Crippen molar-refractivity contribution < 1.29 is 34.7 Å². The van der Waals surface area contributed by atoms with Crippen LogP contribution in [0.4, 0.5) is 5.69 Å². The summed E-state index contributed by atoms with van der Waals surface area (Å²) in [4.78, 5) is 13.8. The molecule has 0 aromatic heterocycles. The second-order valence-corrected chi connectivity index (χ2v) is 7.14. The minimum Gasteiger partial charge on any atom is -0.466 e. The predicted octanol–water partition coefficient (Wildman–Crippen LogP) is -0.348. The number of aliphatic hydroxyl groups is 4. The maximum atomic E-state index is 12.0. The summed E-state index contributed by atoms with van der Waals surface area (Å²) in [6, 6.07) is 5.79. The molecule has 1 aromatic rings. The molecule has 1 aromatic carbocycles. The number of carbonyl (C=O) groups is 1. The van der Waals surface area contributed by atoms with Gasteiger partial charge in [0.2, 0.25) is 0 Å². The molecule has 1 fully saturated rings. The van der Waals surface area contributed by atoms with Gasteiger partial charge in [-0.25, -0.2) is 0 Å². The SMILES string of the molecule is CCOC(=O)CC1CN([C@@H]2O[C@H](CO)[C@@H](O)[C@H](O)[C@H]2O)c2ccc(C)cc21. The molecule has 3 rings (SSSR count). The smallest absolute Gasteiger partial charge is 0.306 e. The topological polar surface area (TPSA) is 120 Å². The lowest BCUT2D eigenvalue weighted by molar-refractivity contribution is -0.228. The summed E-state index contributed by atoms with van der Waals surface area (Å²) < 4.78 is 10.8. The third-order valence-corrected chi connectivity index (χ3v) is 5.24. The first-order valence-electron chi connectivity index (χ1n) is 9.20. The molecule has 1 saturated heterocycles. The number of benzene rings is 1. The normalized spacial score (nSPS) is 33.0. The first-order valence-corrected chi connectivity index (χ1v) is 9.20. The Labute approximate surface area is 157 Å². The lowest BCUT2D eigenvalue weighted by Crippen LogP contribution is -2.63. The highest BCUT2D eigenvalue weighted by atomic mass is 16.6. The molecule has 2 heterocycles. The van der Waals surface area contributed by atoms with Crippen LogP contribution in [0.5, 0.6) is 0 Å². The van der Waals surface area contributed by atoms with Gasteiger partial charge >= 0.3 is 5.97 Å². The molecule has 2 aliphatic heterocycles. The first-order chi connectivity index (χ1) is 12.9. The van der Waals surface area contributed by atoms with Crippen LogP contribution in [0, 0.1) is 6.92 Å². The molecule has 0 bridgehead atoms. The molecule has 1 unspecified atom stereocenters. The van der Waals surface area contributed by atoms with Crippen LogP contribution in [0.15, 0.2) is 18.2 Å². The van der Waals surface area contributed by atoms with E-state index in [1.807, 2.05) is 25.1 Å². The number of ether oxygens (including phenoxy) is 2. The van der Waals surface area contributed by atoms with E-state index in [9.17, 15) is 25.2 Å². The molecule has 0 aliphatic carbocycles. The standard InChI is InChI=1S/C19H27NO7/c1-3-26-15(22)7-11-8-20(13-5-4-10(2)6-12(11)13)19-18(25)17(24)16(23)14(9-21)27-19/h4-6,11,14,16-19,21,23-25H,3,7-9H2,1-2H3/t11?,14-,16-,17+,18-,19-/m1/s1. The quantitative estimate of drug-likeness (QED) is 0.511. The van der Waals surface area contributed by atoms with Crippen molar-refractivity contribution in [2.75, 3.05) is 24.7 Å². The Balaban J connectivity index is 1.89. The van der Waals surface area contributed by atoms with Gasteiger partial charge < -0.3 is 34.8 Å². The highest BCUT2D eigenvalue weighted by Gasteiger charge is 2.48. The van der Waals surface area contributed by atoms with Crippen LogP contribution in [-0.4, -0.2) is 76.8 Å². The molecule has 0 radical (unpaired) electrons. The second-order valence-electron chi connectivity index (χ2n) is 7.14. The van der Waals surface area contributed by atoms with Gasteiger partial charge in [-0.2, -0.15) is 0 Å². The Morgan fingerprint density at radius 2 is 2.00 bits per heavy atom. The summed E-state index contributed by atoms with van der Waals surface area (Å²) in [5.74, 6) is -0.447. The molecule has 0 amide bonds. The number of nitrogens with zero attached hydrogens (tertiary/aromatic N) is 1. The van der Waals surface area contributed by atoms with Crippen molar-refractivity contribution >= 4 is 11.7 Å². The average Bonchev–Trinajstić information content (AvgIpc) is 2.97. The van der Waals surface area contributed by atoms with Crippen molar-refractivity contribution in [1.82, 2.24) is 0 Å². The van der Waals surface area contributed by atoms with Crippen LogP contribution in [0.1, 0.15) is 30.4 Å². The van der Waals surface area contributed by atoms with Gasteiger partial charge in [0.15, 0.2) is 6.23 Å². The van der Waals surface area contributed by atoms with Crippen molar-refractivity contribution in [1.29, 1.82) is 0 Å². The molecule has 0 saturated carbocycles. The highest BCUT2D eigenvalue weighted by molar-refractivity contribution is 5.73. The van der Waals surface area contributed by atoms with Gasteiger partial charge in [0, 0.05) is 18.2 Å². The van der Waals surface area contributed by atoms with Gasteiger partial charge in [0.1, 0.15) is 24.4 Å². The van der Waals surface area contributed by atoms with Gasteiger partial charge in [-0.05, 0) is 25.5 Å². The zero-order valence-corrected chi connectivity index (χ0v) is 15.5.